The number of benzene rings is 1. The highest BCUT2D eigenvalue weighted by molar-refractivity contribution is 5.95. The molecule has 4 rings (SSSR count). The van der Waals surface area contributed by atoms with Crippen LogP contribution in [0.2, 0.25) is 0 Å². The number of carbonyl (C=O) groups excluding carboxylic acids is 1. The first-order valence-corrected chi connectivity index (χ1v) is 10.4. The Morgan fingerprint density at radius 3 is 2.62 bits per heavy atom. The number of nitrogens with zero attached hydrogens (tertiary/aromatic N) is 4. The van der Waals surface area contributed by atoms with Gasteiger partial charge in [0.15, 0.2) is 0 Å². The molecule has 6 nitrogen and oxygen atoms in total. The average Bonchev–Trinajstić information content (AvgIpc) is 2.84. The summed E-state index contributed by atoms with van der Waals surface area (Å²) in [5.41, 5.74) is 2.02. The minimum atomic E-state index is -0.339. The summed E-state index contributed by atoms with van der Waals surface area (Å²) in [6.45, 7) is 4.85. The molecule has 29 heavy (non-hydrogen) atoms. The highest BCUT2D eigenvalue weighted by Gasteiger charge is 2.43. The van der Waals surface area contributed by atoms with Crippen LogP contribution in [-0.2, 0) is 6.54 Å². The summed E-state index contributed by atoms with van der Waals surface area (Å²) in [6.07, 6.45) is 5.69. The predicted molar refractivity (Wildman–Crippen MR) is 112 cm³/mol. The van der Waals surface area contributed by atoms with Crippen molar-refractivity contribution in [1.29, 1.82) is 0 Å². The highest BCUT2D eigenvalue weighted by atomic mass is 16.5. The van der Waals surface area contributed by atoms with Crippen LogP contribution in [0.15, 0.2) is 30.5 Å². The fourth-order valence-electron chi connectivity index (χ4n) is 4.62. The first-order valence-electron chi connectivity index (χ1n) is 10.4. The Balaban J connectivity index is 1.66. The number of hydrogen-bond donors (Lipinski definition) is 0. The third-order valence-electron chi connectivity index (χ3n) is 6.35. The van der Waals surface area contributed by atoms with E-state index in [1.807, 2.05) is 36.9 Å². The van der Waals surface area contributed by atoms with E-state index in [1.54, 1.807) is 6.20 Å². The Morgan fingerprint density at radius 2 is 1.93 bits per heavy atom. The lowest BCUT2D eigenvalue weighted by molar-refractivity contribution is -0.00932. The van der Waals surface area contributed by atoms with Gasteiger partial charge >= 0.3 is 0 Å². The predicted octanol–water partition coefficient (Wildman–Crippen LogP) is 3.37. The number of fused-ring (bicyclic) bond motifs is 1. The number of aryl methyl sites for hydroxylation is 2. The van der Waals surface area contributed by atoms with Crippen molar-refractivity contribution in [2.45, 2.75) is 57.7 Å². The molecule has 2 aromatic rings. The second-order valence-electron chi connectivity index (χ2n) is 8.67. The van der Waals surface area contributed by atoms with Crippen molar-refractivity contribution in [2.24, 2.45) is 0 Å². The molecule has 6 heteroatoms. The van der Waals surface area contributed by atoms with E-state index in [9.17, 15) is 4.79 Å². The normalized spacial score (nSPS) is 24.2. The summed E-state index contributed by atoms with van der Waals surface area (Å²) in [6, 6.07) is 8.67. The molecular weight excluding hydrogens is 364 g/mol. The van der Waals surface area contributed by atoms with Crippen LogP contribution < -0.4 is 4.74 Å². The van der Waals surface area contributed by atoms with E-state index in [4.69, 9.17) is 4.74 Å². The smallest absolute Gasteiger partial charge is 0.257 e. The molecule has 0 unspecified atom stereocenters. The average molecular weight is 395 g/mol. The van der Waals surface area contributed by atoms with Gasteiger partial charge in [0.1, 0.15) is 17.2 Å². The molecule has 0 saturated heterocycles. The molecule has 1 saturated carbocycles. The Bertz CT molecular complexity index is 904. The van der Waals surface area contributed by atoms with Gasteiger partial charge in [-0.15, -0.1) is 0 Å². The zero-order chi connectivity index (χ0) is 20.6. The largest absolute Gasteiger partial charge is 0.485 e. The van der Waals surface area contributed by atoms with Gasteiger partial charge in [-0.2, -0.15) is 0 Å². The van der Waals surface area contributed by atoms with Gasteiger partial charge in [0.2, 0.25) is 0 Å². The van der Waals surface area contributed by atoms with Crippen LogP contribution >= 0.6 is 0 Å². The van der Waals surface area contributed by atoms with E-state index in [0.29, 0.717) is 30.5 Å². The van der Waals surface area contributed by atoms with Crippen LogP contribution in [-0.4, -0.2) is 58.0 Å². The summed E-state index contributed by atoms with van der Waals surface area (Å²) in [5, 5.41) is 0. The molecule has 1 aliphatic heterocycles. The van der Waals surface area contributed by atoms with Crippen LogP contribution in [0.5, 0.6) is 5.75 Å². The number of rotatable bonds is 2. The Morgan fingerprint density at radius 1 is 1.21 bits per heavy atom. The Labute approximate surface area is 172 Å². The summed E-state index contributed by atoms with van der Waals surface area (Å²) in [5.74, 6) is 1.57. The number of carbonyl (C=O) groups is 1. The van der Waals surface area contributed by atoms with Crippen molar-refractivity contribution < 1.29 is 9.53 Å². The number of hydrogen-bond acceptors (Lipinski definition) is 5. The third-order valence-corrected chi connectivity index (χ3v) is 6.35. The van der Waals surface area contributed by atoms with Crippen LogP contribution in [0.25, 0.3) is 0 Å². The van der Waals surface area contributed by atoms with Crippen LogP contribution in [0.4, 0.5) is 0 Å². The topological polar surface area (TPSA) is 58.6 Å². The number of ether oxygens (including phenoxy) is 1. The van der Waals surface area contributed by atoms with Gasteiger partial charge in [-0.25, -0.2) is 9.97 Å². The molecule has 0 bridgehead atoms. The maximum absolute atomic E-state index is 13.5. The molecule has 1 spiro atoms. The van der Waals surface area contributed by atoms with E-state index < -0.39 is 0 Å². The molecule has 1 fully saturated rings. The second-order valence-corrected chi connectivity index (χ2v) is 8.67. The molecule has 2 heterocycles. The van der Waals surface area contributed by atoms with Crippen molar-refractivity contribution in [3.05, 3.63) is 53.1 Å². The Hall–Kier alpha value is -2.47. The van der Waals surface area contributed by atoms with Crippen molar-refractivity contribution in [3.8, 4) is 5.75 Å². The molecule has 1 aromatic carbocycles. The maximum atomic E-state index is 13.5. The van der Waals surface area contributed by atoms with Crippen molar-refractivity contribution in [1.82, 2.24) is 19.8 Å². The van der Waals surface area contributed by atoms with Gasteiger partial charge in [-0.05, 0) is 59.7 Å². The number of aromatic nitrogens is 2. The number of para-hydroxylation sites is 1. The minimum Gasteiger partial charge on any atom is -0.485 e. The maximum Gasteiger partial charge on any atom is 0.257 e. The van der Waals surface area contributed by atoms with Gasteiger partial charge < -0.3 is 14.5 Å². The quantitative estimate of drug-likeness (QED) is 0.782. The molecule has 1 aromatic heterocycles. The van der Waals surface area contributed by atoms with Gasteiger partial charge in [-0.3, -0.25) is 4.79 Å². The van der Waals surface area contributed by atoms with Gasteiger partial charge in [0.25, 0.3) is 5.91 Å². The van der Waals surface area contributed by atoms with Gasteiger partial charge in [0.05, 0.1) is 17.8 Å². The number of amides is 1. The zero-order valence-electron chi connectivity index (χ0n) is 17.8. The first-order chi connectivity index (χ1) is 13.9. The monoisotopic (exact) mass is 394 g/mol. The highest BCUT2D eigenvalue weighted by Crippen LogP contribution is 2.39. The van der Waals surface area contributed by atoms with E-state index in [-0.39, 0.29) is 11.5 Å². The summed E-state index contributed by atoms with van der Waals surface area (Å²) in [4.78, 5) is 26.4. The molecule has 0 atom stereocenters. The van der Waals surface area contributed by atoms with Gasteiger partial charge in [-0.1, -0.05) is 18.2 Å². The fraction of sp³-hybridized carbons (Fsp3) is 0.522. The molecule has 2 aliphatic rings. The van der Waals surface area contributed by atoms with Crippen molar-refractivity contribution >= 4 is 5.91 Å². The summed E-state index contributed by atoms with van der Waals surface area (Å²) >= 11 is 0. The van der Waals surface area contributed by atoms with Crippen molar-refractivity contribution in [2.75, 3.05) is 20.6 Å². The second kappa shape index (κ2) is 7.75. The van der Waals surface area contributed by atoms with E-state index in [0.717, 1.165) is 42.7 Å². The lowest BCUT2D eigenvalue weighted by atomic mass is 9.81. The van der Waals surface area contributed by atoms with E-state index >= 15 is 0 Å². The lowest BCUT2D eigenvalue weighted by Crippen LogP contribution is -2.51. The SMILES string of the molecule is Cc1ncc(C(=O)N2Cc3ccccc3OC3(CCC(N(C)C)CC3)C2)c(C)n1. The van der Waals surface area contributed by atoms with Crippen LogP contribution in [0.1, 0.15) is 53.1 Å². The summed E-state index contributed by atoms with van der Waals surface area (Å²) in [7, 11) is 4.28. The Kier molecular flexibility index (Phi) is 5.30. The summed E-state index contributed by atoms with van der Waals surface area (Å²) < 4.78 is 6.64. The van der Waals surface area contributed by atoms with E-state index in [2.05, 4.69) is 35.0 Å². The molecule has 1 aliphatic carbocycles. The minimum absolute atomic E-state index is 0.0167. The van der Waals surface area contributed by atoms with Crippen LogP contribution in [0, 0.1) is 13.8 Å². The molecular formula is C23H30N4O2. The first kappa shape index (κ1) is 19.8. The molecule has 154 valence electrons. The van der Waals surface area contributed by atoms with E-state index in [1.165, 1.54) is 0 Å². The van der Waals surface area contributed by atoms with Crippen molar-refractivity contribution in [3.63, 3.8) is 0 Å². The molecule has 0 radical (unpaired) electrons. The molecule has 0 N–H and O–H groups in total. The van der Waals surface area contributed by atoms with Gasteiger partial charge in [0, 0.05) is 24.3 Å². The zero-order valence-corrected chi connectivity index (χ0v) is 17.8. The molecule has 1 amide bonds. The van der Waals surface area contributed by atoms with Crippen LogP contribution in [0.3, 0.4) is 0 Å². The fourth-order valence-corrected chi connectivity index (χ4v) is 4.62. The lowest BCUT2D eigenvalue weighted by Gasteiger charge is -2.43. The third kappa shape index (κ3) is 3.99. The standard InChI is InChI=1S/C23H30N4O2/c1-16-20(13-24-17(2)25-16)22(28)27-14-18-7-5-6-8-21(18)29-23(15-27)11-9-19(10-12-23)26(3)4/h5-8,13,19H,9-12,14-15H2,1-4H3.